The molecule has 2 aromatic rings. The van der Waals surface area contributed by atoms with E-state index in [1.807, 2.05) is 68.4 Å². The molecule has 0 heterocycles. The van der Waals surface area contributed by atoms with Crippen LogP contribution in [0, 0.1) is 0 Å². The SMILES string of the molecule is CC[C@H](C(=O)NC[C@](C)(OC)c1cccc(Cl)c1)c1ccccc1. The van der Waals surface area contributed by atoms with Gasteiger partial charge in [-0.25, -0.2) is 0 Å². The highest BCUT2D eigenvalue weighted by molar-refractivity contribution is 6.30. The van der Waals surface area contributed by atoms with Crippen molar-refractivity contribution in [3.05, 3.63) is 70.7 Å². The Hall–Kier alpha value is -1.84. The predicted molar refractivity (Wildman–Crippen MR) is 98.3 cm³/mol. The molecule has 0 radical (unpaired) electrons. The average molecular weight is 346 g/mol. The number of rotatable bonds is 7. The van der Waals surface area contributed by atoms with Crippen molar-refractivity contribution >= 4 is 17.5 Å². The highest BCUT2D eigenvalue weighted by atomic mass is 35.5. The monoisotopic (exact) mass is 345 g/mol. The van der Waals surface area contributed by atoms with Crippen LogP contribution in [0.3, 0.4) is 0 Å². The average Bonchev–Trinajstić information content (AvgIpc) is 2.61. The fraction of sp³-hybridized carbons (Fsp3) is 0.350. The Morgan fingerprint density at radius 2 is 1.92 bits per heavy atom. The zero-order valence-corrected chi connectivity index (χ0v) is 15.1. The van der Waals surface area contributed by atoms with Crippen molar-refractivity contribution in [1.29, 1.82) is 0 Å². The second-order valence-corrected chi connectivity index (χ2v) is 6.47. The molecule has 0 unspecified atom stereocenters. The summed E-state index contributed by atoms with van der Waals surface area (Å²) in [5.74, 6) is -0.152. The highest BCUT2D eigenvalue weighted by Gasteiger charge is 2.28. The summed E-state index contributed by atoms with van der Waals surface area (Å²) >= 11 is 6.08. The van der Waals surface area contributed by atoms with Crippen molar-refractivity contribution in [3.63, 3.8) is 0 Å². The first kappa shape index (κ1) is 18.5. The van der Waals surface area contributed by atoms with Crippen molar-refractivity contribution in [3.8, 4) is 0 Å². The molecule has 0 saturated heterocycles. The molecule has 2 rings (SSSR count). The smallest absolute Gasteiger partial charge is 0.227 e. The minimum atomic E-state index is -0.629. The number of ether oxygens (including phenoxy) is 1. The third kappa shape index (κ3) is 4.37. The lowest BCUT2D eigenvalue weighted by Crippen LogP contribution is -2.41. The molecule has 4 heteroatoms. The van der Waals surface area contributed by atoms with Crippen molar-refractivity contribution in [2.75, 3.05) is 13.7 Å². The normalized spacial score (nSPS) is 14.7. The number of hydrogen-bond donors (Lipinski definition) is 1. The van der Waals surface area contributed by atoms with Gasteiger partial charge in [0.1, 0.15) is 5.60 Å². The molecule has 0 aromatic heterocycles. The van der Waals surface area contributed by atoms with Crippen molar-refractivity contribution < 1.29 is 9.53 Å². The number of nitrogens with one attached hydrogen (secondary N) is 1. The standard InChI is InChI=1S/C20H24ClNO2/c1-4-18(15-9-6-5-7-10-15)19(23)22-14-20(2,24-3)16-11-8-12-17(21)13-16/h5-13,18H,4,14H2,1-3H3,(H,22,23)/t18-,20-/m0/s1. The molecule has 24 heavy (non-hydrogen) atoms. The Morgan fingerprint density at radius 3 is 2.50 bits per heavy atom. The first-order chi connectivity index (χ1) is 11.5. The molecule has 2 aromatic carbocycles. The Bertz CT molecular complexity index is 674. The van der Waals surface area contributed by atoms with Gasteiger partial charge in [-0.3, -0.25) is 4.79 Å². The molecular weight excluding hydrogens is 322 g/mol. The third-order valence-corrected chi connectivity index (χ3v) is 4.65. The second kappa shape index (κ2) is 8.32. The molecule has 2 atom stereocenters. The maximum atomic E-state index is 12.6. The summed E-state index contributed by atoms with van der Waals surface area (Å²) < 4.78 is 5.67. The van der Waals surface area contributed by atoms with Gasteiger partial charge in [0.05, 0.1) is 12.5 Å². The van der Waals surface area contributed by atoms with Crippen LogP contribution in [-0.2, 0) is 15.1 Å². The molecule has 1 amide bonds. The van der Waals surface area contributed by atoms with Gasteiger partial charge in [-0.2, -0.15) is 0 Å². The summed E-state index contributed by atoms with van der Waals surface area (Å²) in [5.41, 5.74) is 1.33. The van der Waals surface area contributed by atoms with E-state index in [0.29, 0.717) is 11.6 Å². The molecule has 0 aliphatic carbocycles. The molecule has 0 fully saturated rings. The van der Waals surface area contributed by atoms with Crippen molar-refractivity contribution in [2.24, 2.45) is 0 Å². The van der Waals surface area contributed by atoms with Gasteiger partial charge in [0.2, 0.25) is 5.91 Å². The van der Waals surface area contributed by atoms with E-state index >= 15 is 0 Å². The number of carbonyl (C=O) groups is 1. The number of hydrogen-bond acceptors (Lipinski definition) is 2. The van der Waals surface area contributed by atoms with Crippen LogP contribution < -0.4 is 5.32 Å². The number of halogens is 1. The fourth-order valence-electron chi connectivity index (χ4n) is 2.75. The van der Waals surface area contributed by atoms with E-state index in [-0.39, 0.29) is 11.8 Å². The molecular formula is C20H24ClNO2. The third-order valence-electron chi connectivity index (χ3n) is 4.41. The van der Waals surface area contributed by atoms with E-state index in [4.69, 9.17) is 16.3 Å². The van der Waals surface area contributed by atoms with E-state index in [1.54, 1.807) is 7.11 Å². The first-order valence-electron chi connectivity index (χ1n) is 8.14. The summed E-state index contributed by atoms with van der Waals surface area (Å²) in [6.07, 6.45) is 0.747. The van der Waals surface area contributed by atoms with E-state index in [1.165, 1.54) is 0 Å². The van der Waals surface area contributed by atoms with Gasteiger partial charge >= 0.3 is 0 Å². The van der Waals surface area contributed by atoms with Crippen LogP contribution in [0.25, 0.3) is 0 Å². The van der Waals surface area contributed by atoms with Crippen LogP contribution in [-0.4, -0.2) is 19.6 Å². The number of methoxy groups -OCH3 is 1. The topological polar surface area (TPSA) is 38.3 Å². The molecule has 0 aliphatic heterocycles. The van der Waals surface area contributed by atoms with Crippen LogP contribution >= 0.6 is 11.6 Å². The van der Waals surface area contributed by atoms with Gasteiger partial charge in [0, 0.05) is 12.1 Å². The first-order valence-corrected chi connectivity index (χ1v) is 8.52. The summed E-state index contributed by atoms with van der Waals surface area (Å²) in [6.45, 7) is 4.35. The molecule has 1 N–H and O–H groups in total. The molecule has 0 spiro atoms. The molecule has 0 bridgehead atoms. The molecule has 128 valence electrons. The van der Waals surface area contributed by atoms with Crippen molar-refractivity contribution in [2.45, 2.75) is 31.8 Å². The largest absolute Gasteiger partial charge is 0.372 e. The Balaban J connectivity index is 2.10. The fourth-order valence-corrected chi connectivity index (χ4v) is 2.94. The van der Waals surface area contributed by atoms with Crippen molar-refractivity contribution in [1.82, 2.24) is 5.32 Å². The lowest BCUT2D eigenvalue weighted by atomic mass is 9.93. The minimum Gasteiger partial charge on any atom is -0.372 e. The summed E-state index contributed by atoms with van der Waals surface area (Å²) in [4.78, 5) is 12.6. The lowest BCUT2D eigenvalue weighted by molar-refractivity contribution is -0.124. The quantitative estimate of drug-likeness (QED) is 0.801. The number of benzene rings is 2. The molecule has 3 nitrogen and oxygen atoms in total. The van der Waals surface area contributed by atoms with Crippen LogP contribution in [0.4, 0.5) is 0 Å². The van der Waals surface area contributed by atoms with Crippen LogP contribution in [0.2, 0.25) is 5.02 Å². The van der Waals surface area contributed by atoms with Gasteiger partial charge in [0.15, 0.2) is 0 Å². The van der Waals surface area contributed by atoms with Gasteiger partial charge in [-0.05, 0) is 36.6 Å². The van der Waals surface area contributed by atoms with E-state index in [0.717, 1.165) is 17.5 Å². The Kier molecular flexibility index (Phi) is 6.41. The molecule has 0 aliphatic rings. The summed E-state index contributed by atoms with van der Waals surface area (Å²) in [7, 11) is 1.64. The van der Waals surface area contributed by atoms with E-state index in [9.17, 15) is 4.79 Å². The van der Waals surface area contributed by atoms with Gasteiger partial charge in [0.25, 0.3) is 0 Å². The van der Waals surface area contributed by atoms with Crippen LogP contribution in [0.1, 0.15) is 37.3 Å². The zero-order valence-electron chi connectivity index (χ0n) is 14.4. The van der Waals surface area contributed by atoms with E-state index in [2.05, 4.69) is 5.32 Å². The Labute approximate surface area is 149 Å². The summed E-state index contributed by atoms with van der Waals surface area (Å²) in [6, 6.07) is 17.4. The molecule has 0 saturated carbocycles. The van der Waals surface area contributed by atoms with Gasteiger partial charge < -0.3 is 10.1 Å². The van der Waals surface area contributed by atoms with Crippen LogP contribution in [0.5, 0.6) is 0 Å². The lowest BCUT2D eigenvalue weighted by Gasteiger charge is -2.30. The van der Waals surface area contributed by atoms with E-state index < -0.39 is 5.60 Å². The Morgan fingerprint density at radius 1 is 1.21 bits per heavy atom. The van der Waals surface area contributed by atoms with Crippen LogP contribution in [0.15, 0.2) is 54.6 Å². The maximum absolute atomic E-state index is 12.6. The number of carbonyl (C=O) groups excluding carboxylic acids is 1. The maximum Gasteiger partial charge on any atom is 0.227 e. The summed E-state index contributed by atoms with van der Waals surface area (Å²) in [5, 5.41) is 3.69. The van der Waals surface area contributed by atoms with Gasteiger partial charge in [-0.1, -0.05) is 61.0 Å². The highest BCUT2D eigenvalue weighted by Crippen LogP contribution is 2.27. The number of amides is 1. The minimum absolute atomic E-state index is 0.00834. The van der Waals surface area contributed by atoms with Gasteiger partial charge in [-0.15, -0.1) is 0 Å². The zero-order chi connectivity index (χ0) is 17.6. The second-order valence-electron chi connectivity index (χ2n) is 6.03. The predicted octanol–water partition coefficient (Wildman–Crippen LogP) is 4.51.